The molecule has 0 bridgehead atoms. The normalized spacial score (nSPS) is 21.2. The van der Waals surface area contributed by atoms with Gasteiger partial charge in [0.2, 0.25) is 0 Å². The van der Waals surface area contributed by atoms with Gasteiger partial charge in [0, 0.05) is 38.9 Å². The summed E-state index contributed by atoms with van der Waals surface area (Å²) in [4.78, 5) is 21.3. The largest absolute Gasteiger partial charge is 0.462 e. The number of esters is 1. The number of anilines is 1. The van der Waals surface area contributed by atoms with Crippen molar-refractivity contribution < 1.29 is 9.53 Å². The van der Waals surface area contributed by atoms with Crippen LogP contribution in [0.25, 0.3) is 10.8 Å². The van der Waals surface area contributed by atoms with Crippen LogP contribution in [0.2, 0.25) is 0 Å². The summed E-state index contributed by atoms with van der Waals surface area (Å²) in [5.41, 5.74) is 1.91. The summed E-state index contributed by atoms with van der Waals surface area (Å²) in [5.74, 6) is 2.01. The SMILES string of the molecule is CCOC(=O)c1ccc(N2CC3CN(Cc4ccc5ccccc5c4)CC3C2)nc1. The second-order valence-electron chi connectivity index (χ2n) is 8.43. The molecule has 30 heavy (non-hydrogen) atoms. The van der Waals surface area contributed by atoms with E-state index in [2.05, 4.69) is 57.2 Å². The fraction of sp³-hybridized carbons (Fsp3) is 0.360. The molecule has 3 aromatic rings. The number of carbonyl (C=O) groups is 1. The Balaban J connectivity index is 1.19. The third-order valence-electron chi connectivity index (χ3n) is 6.36. The summed E-state index contributed by atoms with van der Waals surface area (Å²) < 4.78 is 5.04. The van der Waals surface area contributed by atoms with Crippen molar-refractivity contribution in [2.24, 2.45) is 11.8 Å². The van der Waals surface area contributed by atoms with Gasteiger partial charge < -0.3 is 9.64 Å². The number of nitrogens with zero attached hydrogens (tertiary/aromatic N) is 3. The Hall–Kier alpha value is -2.92. The van der Waals surface area contributed by atoms with Crippen LogP contribution in [0.4, 0.5) is 5.82 Å². The predicted molar refractivity (Wildman–Crippen MR) is 119 cm³/mol. The van der Waals surface area contributed by atoms with Gasteiger partial charge in [-0.3, -0.25) is 4.90 Å². The maximum absolute atomic E-state index is 11.8. The highest BCUT2D eigenvalue weighted by Crippen LogP contribution is 2.34. The van der Waals surface area contributed by atoms with Crippen LogP contribution in [0.15, 0.2) is 60.8 Å². The Morgan fingerprint density at radius 2 is 1.77 bits per heavy atom. The third-order valence-corrected chi connectivity index (χ3v) is 6.36. The summed E-state index contributed by atoms with van der Waals surface area (Å²) in [7, 11) is 0. The summed E-state index contributed by atoms with van der Waals surface area (Å²) in [6.07, 6.45) is 1.63. The van der Waals surface area contributed by atoms with Crippen molar-refractivity contribution in [3.8, 4) is 0 Å². The number of likely N-dealkylation sites (tertiary alicyclic amines) is 1. The Labute approximate surface area is 177 Å². The van der Waals surface area contributed by atoms with E-state index in [9.17, 15) is 4.79 Å². The van der Waals surface area contributed by atoms with E-state index < -0.39 is 0 Å². The second-order valence-corrected chi connectivity index (χ2v) is 8.43. The zero-order chi connectivity index (χ0) is 20.5. The van der Waals surface area contributed by atoms with Crippen molar-refractivity contribution >= 4 is 22.6 Å². The monoisotopic (exact) mass is 401 g/mol. The lowest BCUT2D eigenvalue weighted by molar-refractivity contribution is 0.0526. The lowest BCUT2D eigenvalue weighted by Gasteiger charge is -2.22. The lowest BCUT2D eigenvalue weighted by Crippen LogP contribution is -2.29. The minimum absolute atomic E-state index is 0.306. The van der Waals surface area contributed by atoms with Gasteiger partial charge in [0.05, 0.1) is 12.2 Å². The number of hydrogen-bond donors (Lipinski definition) is 0. The highest BCUT2D eigenvalue weighted by atomic mass is 16.5. The van der Waals surface area contributed by atoms with Gasteiger partial charge in [0.1, 0.15) is 5.82 Å². The average Bonchev–Trinajstić information content (AvgIpc) is 3.33. The molecule has 2 fully saturated rings. The first-order chi connectivity index (χ1) is 14.7. The molecule has 0 amide bonds. The summed E-state index contributed by atoms with van der Waals surface area (Å²) in [5, 5.41) is 2.62. The van der Waals surface area contributed by atoms with Gasteiger partial charge in [-0.15, -0.1) is 0 Å². The highest BCUT2D eigenvalue weighted by Gasteiger charge is 2.40. The standard InChI is InChI=1S/C25H27N3O2/c1-2-30-25(29)21-9-10-24(26-12-21)28-16-22-14-27(15-23(22)17-28)13-18-7-8-19-5-3-4-6-20(19)11-18/h3-12,22-23H,2,13-17H2,1H3. The number of ether oxygens (including phenoxy) is 1. The predicted octanol–water partition coefficient (Wildman–Crippen LogP) is 3.98. The minimum Gasteiger partial charge on any atom is -0.462 e. The smallest absolute Gasteiger partial charge is 0.339 e. The van der Waals surface area contributed by atoms with E-state index in [4.69, 9.17) is 4.74 Å². The lowest BCUT2D eigenvalue weighted by atomic mass is 10.0. The van der Waals surface area contributed by atoms with Crippen molar-refractivity contribution in [2.45, 2.75) is 13.5 Å². The molecule has 0 spiro atoms. The van der Waals surface area contributed by atoms with Crippen LogP contribution in [0.1, 0.15) is 22.8 Å². The molecule has 1 aromatic heterocycles. The summed E-state index contributed by atoms with van der Waals surface area (Å²) in [6.45, 7) is 7.54. The highest BCUT2D eigenvalue weighted by molar-refractivity contribution is 5.89. The van der Waals surface area contributed by atoms with Crippen molar-refractivity contribution in [2.75, 3.05) is 37.7 Å². The zero-order valence-corrected chi connectivity index (χ0v) is 17.3. The van der Waals surface area contributed by atoms with E-state index >= 15 is 0 Å². The second kappa shape index (κ2) is 8.07. The molecule has 0 radical (unpaired) electrons. The number of rotatable bonds is 5. The topological polar surface area (TPSA) is 45.7 Å². The molecule has 2 atom stereocenters. The average molecular weight is 402 g/mol. The molecule has 2 saturated heterocycles. The van der Waals surface area contributed by atoms with Gasteiger partial charge in [-0.05, 0) is 53.3 Å². The van der Waals surface area contributed by atoms with E-state index in [-0.39, 0.29) is 5.97 Å². The minimum atomic E-state index is -0.306. The Morgan fingerprint density at radius 1 is 1.00 bits per heavy atom. The molecule has 2 aliphatic heterocycles. The van der Waals surface area contributed by atoms with Crippen molar-refractivity contribution in [1.82, 2.24) is 9.88 Å². The first-order valence-electron chi connectivity index (χ1n) is 10.8. The van der Waals surface area contributed by atoms with Gasteiger partial charge in [0.25, 0.3) is 0 Å². The van der Waals surface area contributed by atoms with E-state index in [1.54, 1.807) is 6.20 Å². The van der Waals surface area contributed by atoms with Crippen LogP contribution in [0.5, 0.6) is 0 Å². The van der Waals surface area contributed by atoms with Crippen molar-refractivity contribution in [1.29, 1.82) is 0 Å². The molecule has 2 aliphatic rings. The number of hydrogen-bond acceptors (Lipinski definition) is 5. The number of benzene rings is 2. The Morgan fingerprint density at radius 3 is 2.47 bits per heavy atom. The molecule has 0 aliphatic carbocycles. The molecule has 0 saturated carbocycles. The third kappa shape index (κ3) is 3.77. The Kier molecular flexibility index (Phi) is 5.13. The molecule has 154 valence electrons. The molecular formula is C25H27N3O2. The summed E-state index contributed by atoms with van der Waals surface area (Å²) in [6, 6.07) is 19.1. The molecular weight excluding hydrogens is 374 g/mol. The fourth-order valence-electron chi connectivity index (χ4n) is 4.91. The quantitative estimate of drug-likeness (QED) is 0.605. The van der Waals surface area contributed by atoms with Gasteiger partial charge in [-0.25, -0.2) is 9.78 Å². The van der Waals surface area contributed by atoms with Gasteiger partial charge in [0.15, 0.2) is 0 Å². The van der Waals surface area contributed by atoms with E-state index in [0.29, 0.717) is 24.0 Å². The van der Waals surface area contributed by atoms with Crippen LogP contribution in [-0.4, -0.2) is 48.6 Å². The molecule has 2 aromatic carbocycles. The maximum atomic E-state index is 11.8. The van der Waals surface area contributed by atoms with E-state index in [1.807, 2.05) is 19.1 Å². The Bertz CT molecular complexity index is 1040. The fourth-order valence-corrected chi connectivity index (χ4v) is 4.91. The molecule has 5 rings (SSSR count). The van der Waals surface area contributed by atoms with Crippen LogP contribution in [0.3, 0.4) is 0 Å². The maximum Gasteiger partial charge on any atom is 0.339 e. The van der Waals surface area contributed by atoms with E-state index in [0.717, 1.165) is 38.5 Å². The molecule has 5 nitrogen and oxygen atoms in total. The summed E-state index contributed by atoms with van der Waals surface area (Å²) >= 11 is 0. The number of pyridine rings is 1. The number of aromatic nitrogens is 1. The first-order valence-corrected chi connectivity index (χ1v) is 10.8. The first kappa shape index (κ1) is 19.1. The molecule has 3 heterocycles. The van der Waals surface area contributed by atoms with Gasteiger partial charge in [-0.2, -0.15) is 0 Å². The van der Waals surface area contributed by atoms with Gasteiger partial charge in [-0.1, -0.05) is 36.4 Å². The van der Waals surface area contributed by atoms with Crippen LogP contribution >= 0.6 is 0 Å². The van der Waals surface area contributed by atoms with Crippen molar-refractivity contribution in [3.63, 3.8) is 0 Å². The molecule has 0 N–H and O–H groups in total. The molecule has 5 heteroatoms. The number of carbonyl (C=O) groups excluding carboxylic acids is 1. The van der Waals surface area contributed by atoms with Crippen LogP contribution < -0.4 is 4.90 Å². The van der Waals surface area contributed by atoms with Crippen molar-refractivity contribution in [3.05, 3.63) is 71.9 Å². The van der Waals surface area contributed by atoms with Crippen LogP contribution in [-0.2, 0) is 11.3 Å². The van der Waals surface area contributed by atoms with Crippen LogP contribution in [0, 0.1) is 11.8 Å². The van der Waals surface area contributed by atoms with Gasteiger partial charge >= 0.3 is 5.97 Å². The van der Waals surface area contributed by atoms with E-state index in [1.165, 1.54) is 16.3 Å². The number of fused-ring (bicyclic) bond motifs is 2. The molecule has 2 unspecified atom stereocenters. The zero-order valence-electron chi connectivity index (χ0n) is 17.3.